The number of carbonyl (C=O) groups excluding carboxylic acids is 1. The summed E-state index contributed by atoms with van der Waals surface area (Å²) in [7, 11) is 1.76. The van der Waals surface area contributed by atoms with Crippen molar-refractivity contribution in [3.8, 4) is 5.75 Å². The zero-order valence-electron chi connectivity index (χ0n) is 20.0. The smallest absolute Gasteiger partial charge is 0.250 e. The summed E-state index contributed by atoms with van der Waals surface area (Å²) in [6.45, 7) is 2.15. The fourth-order valence-electron chi connectivity index (χ4n) is 3.82. The Morgan fingerprint density at radius 3 is 2.50 bits per heavy atom. The number of halogens is 2. The minimum Gasteiger partial charge on any atom is -0.494 e. The first kappa shape index (κ1) is 28.8. The van der Waals surface area contributed by atoms with Crippen LogP contribution in [0.4, 0.5) is 5.69 Å². The van der Waals surface area contributed by atoms with Gasteiger partial charge in [0.15, 0.2) is 0 Å². The number of anilines is 1. The molecule has 0 fully saturated rings. The Morgan fingerprint density at radius 2 is 1.75 bits per heavy atom. The second-order valence-electron chi connectivity index (χ2n) is 8.13. The Balaban J connectivity index is 0.00000228. The van der Waals surface area contributed by atoms with Crippen LogP contribution in [0.5, 0.6) is 5.75 Å². The van der Waals surface area contributed by atoms with Crippen LogP contribution in [0.3, 0.4) is 0 Å². The molecule has 0 unspecified atom stereocenters. The van der Waals surface area contributed by atoms with Crippen LogP contribution in [0.25, 0.3) is 10.9 Å². The maximum atomic E-state index is 12.6. The number of amides is 1. The van der Waals surface area contributed by atoms with Gasteiger partial charge < -0.3 is 14.6 Å². The molecule has 0 saturated carbocycles. The molecular formula is C27H30Cl2N4O3. The molecule has 7 nitrogen and oxygen atoms in total. The fourth-order valence-corrected chi connectivity index (χ4v) is 3.82. The largest absolute Gasteiger partial charge is 0.494 e. The number of fused-ring (bicyclic) bond motifs is 1. The van der Waals surface area contributed by atoms with Crippen molar-refractivity contribution in [3.05, 3.63) is 101 Å². The number of benzene rings is 2. The maximum Gasteiger partial charge on any atom is 0.250 e. The Kier molecular flexibility index (Phi) is 11.4. The Bertz CT molecular complexity index is 1300. The molecule has 0 saturated heterocycles. The predicted octanol–water partition coefficient (Wildman–Crippen LogP) is 4.69. The zero-order chi connectivity index (χ0) is 23.8. The number of nitrogens with zero attached hydrogens (tertiary/aromatic N) is 3. The summed E-state index contributed by atoms with van der Waals surface area (Å²) in [6, 6.07) is 22.5. The predicted molar refractivity (Wildman–Crippen MR) is 148 cm³/mol. The third-order valence-electron chi connectivity index (χ3n) is 5.56. The third kappa shape index (κ3) is 8.09. The summed E-state index contributed by atoms with van der Waals surface area (Å²) in [5.74, 6) is 0.704. The number of hydrogen-bond acceptors (Lipinski definition) is 5. The second kappa shape index (κ2) is 14.2. The molecule has 9 heteroatoms. The number of nitrogens with one attached hydrogen (secondary N) is 1. The first-order chi connectivity index (χ1) is 16.6. The average molecular weight is 529 g/mol. The fraction of sp³-hybridized carbons (Fsp3) is 0.222. The van der Waals surface area contributed by atoms with Crippen LogP contribution in [-0.2, 0) is 18.4 Å². The van der Waals surface area contributed by atoms with Gasteiger partial charge in [-0.2, -0.15) is 0 Å². The lowest BCUT2D eigenvalue weighted by Crippen LogP contribution is -2.34. The van der Waals surface area contributed by atoms with Crippen molar-refractivity contribution in [3.63, 3.8) is 0 Å². The van der Waals surface area contributed by atoms with Crippen molar-refractivity contribution in [2.75, 3.05) is 25.0 Å². The first-order valence-electron chi connectivity index (χ1n) is 11.3. The molecule has 0 aliphatic rings. The number of aromatic nitrogens is 2. The first-order valence-corrected chi connectivity index (χ1v) is 11.3. The van der Waals surface area contributed by atoms with Gasteiger partial charge in [-0.25, -0.2) is 0 Å². The minimum absolute atomic E-state index is 0. The molecule has 2 aromatic carbocycles. The van der Waals surface area contributed by atoms with Gasteiger partial charge in [0.1, 0.15) is 5.75 Å². The number of ether oxygens (including phenoxy) is 1. The van der Waals surface area contributed by atoms with Gasteiger partial charge in [0.2, 0.25) is 5.91 Å². The third-order valence-corrected chi connectivity index (χ3v) is 5.56. The SMILES string of the molecule is Cl.Cl.Cn1c(=O)ccc2cc(OCCCN(CC(=O)Nc3ccccc3)Cc3ccncc3)ccc21. The molecule has 0 atom stereocenters. The van der Waals surface area contributed by atoms with Crippen molar-refractivity contribution in [1.82, 2.24) is 14.5 Å². The van der Waals surface area contributed by atoms with E-state index in [-0.39, 0.29) is 42.8 Å². The van der Waals surface area contributed by atoms with E-state index in [1.54, 1.807) is 30.1 Å². The monoisotopic (exact) mass is 528 g/mol. The van der Waals surface area contributed by atoms with Crippen molar-refractivity contribution >= 4 is 47.3 Å². The average Bonchev–Trinajstić information content (AvgIpc) is 2.85. The highest BCUT2D eigenvalue weighted by Crippen LogP contribution is 2.19. The molecule has 0 aliphatic heterocycles. The molecule has 2 aromatic heterocycles. The normalized spacial score (nSPS) is 10.4. The topological polar surface area (TPSA) is 76.5 Å². The molecule has 190 valence electrons. The number of pyridine rings is 2. The molecule has 2 heterocycles. The maximum absolute atomic E-state index is 12.6. The van der Waals surface area contributed by atoms with E-state index in [0.717, 1.165) is 34.3 Å². The molecule has 1 N–H and O–H groups in total. The van der Waals surface area contributed by atoms with Crippen LogP contribution in [-0.4, -0.2) is 40.1 Å². The lowest BCUT2D eigenvalue weighted by atomic mass is 10.2. The Hall–Kier alpha value is -3.39. The Labute approximate surface area is 222 Å². The van der Waals surface area contributed by atoms with Crippen molar-refractivity contribution in [1.29, 1.82) is 0 Å². The molecule has 36 heavy (non-hydrogen) atoms. The van der Waals surface area contributed by atoms with Crippen LogP contribution in [0, 0.1) is 0 Å². The van der Waals surface area contributed by atoms with E-state index in [4.69, 9.17) is 4.74 Å². The molecule has 4 rings (SSSR count). The Morgan fingerprint density at radius 1 is 1.00 bits per heavy atom. The van der Waals surface area contributed by atoms with Crippen molar-refractivity contribution < 1.29 is 9.53 Å². The van der Waals surface area contributed by atoms with Crippen LogP contribution >= 0.6 is 24.8 Å². The standard InChI is InChI=1S/C27H28N4O3.2ClH/c1-30-25-10-9-24(18-22(25)8-11-27(30)33)34-17-5-16-31(19-21-12-14-28-15-13-21)20-26(32)29-23-6-3-2-4-7-23;;/h2-4,6-15,18H,5,16-17,19-20H2,1H3,(H,29,32);2*1H. The summed E-state index contributed by atoms with van der Waals surface area (Å²) in [5, 5.41) is 3.91. The zero-order valence-corrected chi connectivity index (χ0v) is 21.6. The van der Waals surface area contributed by atoms with Gasteiger partial charge in [-0.1, -0.05) is 18.2 Å². The molecular weight excluding hydrogens is 499 g/mol. The number of hydrogen-bond donors (Lipinski definition) is 1. The van der Waals surface area contributed by atoms with E-state index in [0.29, 0.717) is 19.7 Å². The number of rotatable bonds is 10. The number of carbonyl (C=O) groups is 1. The lowest BCUT2D eigenvalue weighted by Gasteiger charge is -2.22. The minimum atomic E-state index is -0.0543. The quantitative estimate of drug-likeness (QED) is 0.302. The number of para-hydroxylation sites is 1. The molecule has 0 spiro atoms. The van der Waals surface area contributed by atoms with Crippen LogP contribution in [0.2, 0.25) is 0 Å². The molecule has 4 aromatic rings. The van der Waals surface area contributed by atoms with Gasteiger partial charge in [-0.3, -0.25) is 19.5 Å². The summed E-state index contributed by atoms with van der Waals surface area (Å²) in [6.07, 6.45) is 4.28. The van der Waals surface area contributed by atoms with Crippen molar-refractivity contribution in [2.24, 2.45) is 7.05 Å². The van der Waals surface area contributed by atoms with E-state index in [1.807, 2.05) is 66.7 Å². The van der Waals surface area contributed by atoms with Gasteiger partial charge in [-0.05, 0) is 60.5 Å². The summed E-state index contributed by atoms with van der Waals surface area (Å²) in [5.41, 5.74) is 2.72. The van der Waals surface area contributed by atoms with E-state index < -0.39 is 0 Å². The summed E-state index contributed by atoms with van der Waals surface area (Å²) < 4.78 is 7.58. The van der Waals surface area contributed by atoms with E-state index in [2.05, 4.69) is 15.2 Å². The van der Waals surface area contributed by atoms with E-state index in [9.17, 15) is 9.59 Å². The van der Waals surface area contributed by atoms with E-state index >= 15 is 0 Å². The van der Waals surface area contributed by atoms with Gasteiger partial charge in [-0.15, -0.1) is 24.8 Å². The van der Waals surface area contributed by atoms with Gasteiger partial charge in [0.25, 0.3) is 5.56 Å². The summed E-state index contributed by atoms with van der Waals surface area (Å²) in [4.78, 5) is 30.6. The highest BCUT2D eigenvalue weighted by Gasteiger charge is 2.12. The van der Waals surface area contributed by atoms with E-state index in [1.165, 1.54) is 0 Å². The molecule has 0 bridgehead atoms. The van der Waals surface area contributed by atoms with Crippen molar-refractivity contribution in [2.45, 2.75) is 13.0 Å². The van der Waals surface area contributed by atoms with Gasteiger partial charge in [0, 0.05) is 49.7 Å². The molecule has 0 radical (unpaired) electrons. The highest BCUT2D eigenvalue weighted by atomic mass is 35.5. The highest BCUT2D eigenvalue weighted by molar-refractivity contribution is 5.92. The van der Waals surface area contributed by atoms with Gasteiger partial charge in [0.05, 0.1) is 18.7 Å². The van der Waals surface area contributed by atoms with Crippen LogP contribution in [0.1, 0.15) is 12.0 Å². The van der Waals surface area contributed by atoms with Crippen LogP contribution < -0.4 is 15.6 Å². The lowest BCUT2D eigenvalue weighted by molar-refractivity contribution is -0.117. The van der Waals surface area contributed by atoms with Crippen LogP contribution in [0.15, 0.2) is 90.0 Å². The number of aryl methyl sites for hydroxylation is 1. The molecule has 1 amide bonds. The molecule has 0 aliphatic carbocycles. The summed E-state index contributed by atoms with van der Waals surface area (Å²) >= 11 is 0. The second-order valence-corrected chi connectivity index (χ2v) is 8.13. The van der Waals surface area contributed by atoms with Gasteiger partial charge >= 0.3 is 0 Å².